The first-order valence-electron chi connectivity index (χ1n) is 9.34. The van der Waals surface area contributed by atoms with Crippen molar-refractivity contribution in [1.82, 2.24) is 23.1 Å². The molecule has 0 spiro atoms. The molecule has 0 aromatic heterocycles. The second-order valence-corrected chi connectivity index (χ2v) is 11.4. The van der Waals surface area contributed by atoms with Crippen molar-refractivity contribution in [3.8, 4) is 0 Å². The minimum Gasteiger partial charge on any atom is -0.352 e. The lowest BCUT2D eigenvalue weighted by Crippen LogP contribution is -2.59. The standard InChI is InChI=1S/C15H29N5O5S2/c1-13(15(21)16-14-3-4-14)17-5-7-19(8-6-17)27(24,25)20-11-9-18(10-12-20)26(2,22)23/h13-14H,3-12H2,1-2H3,(H,16,21). The van der Waals surface area contributed by atoms with Gasteiger partial charge in [0.05, 0.1) is 12.3 Å². The van der Waals surface area contributed by atoms with E-state index in [0.29, 0.717) is 32.2 Å². The summed E-state index contributed by atoms with van der Waals surface area (Å²) < 4.78 is 52.9. The fourth-order valence-electron chi connectivity index (χ4n) is 3.43. The topological polar surface area (TPSA) is 110 Å². The highest BCUT2D eigenvalue weighted by molar-refractivity contribution is 7.88. The van der Waals surface area contributed by atoms with Gasteiger partial charge in [-0.25, -0.2) is 8.42 Å². The summed E-state index contributed by atoms with van der Waals surface area (Å²) in [7, 11) is -6.91. The second-order valence-electron chi connectivity index (χ2n) is 7.46. The van der Waals surface area contributed by atoms with E-state index in [-0.39, 0.29) is 38.1 Å². The molecule has 3 aliphatic rings. The lowest BCUT2D eigenvalue weighted by atomic mass is 10.2. The quantitative estimate of drug-likeness (QED) is 0.534. The minimum absolute atomic E-state index is 0.00528. The molecular weight excluding hydrogens is 394 g/mol. The van der Waals surface area contributed by atoms with Crippen LogP contribution < -0.4 is 5.32 Å². The van der Waals surface area contributed by atoms with Crippen molar-refractivity contribution in [2.75, 3.05) is 58.6 Å². The molecule has 0 aromatic carbocycles. The summed E-state index contributed by atoms with van der Waals surface area (Å²) in [5, 5.41) is 2.99. The third-order valence-electron chi connectivity index (χ3n) is 5.44. The van der Waals surface area contributed by atoms with Crippen molar-refractivity contribution >= 4 is 26.1 Å². The first-order chi connectivity index (χ1) is 12.6. The maximum absolute atomic E-state index is 12.8. The van der Waals surface area contributed by atoms with Crippen LogP contribution in [0, 0.1) is 0 Å². The SMILES string of the molecule is CC(C(=O)NC1CC1)N1CCN(S(=O)(=O)N2CCN(S(C)(=O)=O)CC2)CC1. The number of piperazine rings is 2. The molecule has 0 radical (unpaired) electrons. The van der Waals surface area contributed by atoms with E-state index < -0.39 is 20.2 Å². The van der Waals surface area contributed by atoms with Gasteiger partial charge in [-0.3, -0.25) is 9.69 Å². The lowest BCUT2D eigenvalue weighted by Gasteiger charge is -2.40. The normalized spacial score (nSPS) is 26.0. The number of sulfonamides is 1. The molecule has 1 atom stereocenters. The molecule has 3 fully saturated rings. The number of hydrogen-bond acceptors (Lipinski definition) is 6. The van der Waals surface area contributed by atoms with E-state index in [0.717, 1.165) is 19.1 Å². The van der Waals surface area contributed by atoms with Gasteiger partial charge in [-0.15, -0.1) is 0 Å². The Hall–Kier alpha value is -0.790. The monoisotopic (exact) mass is 423 g/mol. The molecule has 12 heteroatoms. The van der Waals surface area contributed by atoms with Crippen LogP contribution in [0.3, 0.4) is 0 Å². The fraction of sp³-hybridized carbons (Fsp3) is 0.933. The highest BCUT2D eigenvalue weighted by Crippen LogP contribution is 2.20. The second kappa shape index (κ2) is 7.91. The van der Waals surface area contributed by atoms with E-state index in [2.05, 4.69) is 5.32 Å². The van der Waals surface area contributed by atoms with Gasteiger partial charge in [0.25, 0.3) is 10.2 Å². The molecule has 1 N–H and O–H groups in total. The number of carbonyl (C=O) groups excluding carboxylic acids is 1. The van der Waals surface area contributed by atoms with Gasteiger partial charge in [0, 0.05) is 58.4 Å². The zero-order valence-corrected chi connectivity index (χ0v) is 17.5. The molecule has 2 saturated heterocycles. The van der Waals surface area contributed by atoms with Gasteiger partial charge in [-0.1, -0.05) is 0 Å². The van der Waals surface area contributed by atoms with Crippen LogP contribution in [-0.4, -0.2) is 111 Å². The van der Waals surface area contributed by atoms with Crippen molar-refractivity contribution in [3.05, 3.63) is 0 Å². The first kappa shape index (κ1) is 20.9. The average molecular weight is 424 g/mol. The molecule has 27 heavy (non-hydrogen) atoms. The number of amides is 1. The molecular formula is C15H29N5O5S2. The number of hydrogen-bond donors (Lipinski definition) is 1. The van der Waals surface area contributed by atoms with E-state index in [1.807, 2.05) is 11.8 Å². The molecule has 0 bridgehead atoms. The average Bonchev–Trinajstić information content (AvgIpc) is 3.44. The Morgan fingerprint density at radius 3 is 1.74 bits per heavy atom. The summed E-state index contributed by atoms with van der Waals surface area (Å²) in [6.07, 6.45) is 3.21. The predicted molar refractivity (Wildman–Crippen MR) is 101 cm³/mol. The predicted octanol–water partition coefficient (Wildman–Crippen LogP) is -1.91. The fourth-order valence-corrected chi connectivity index (χ4v) is 5.83. The third-order valence-corrected chi connectivity index (χ3v) is 8.78. The van der Waals surface area contributed by atoms with Crippen molar-refractivity contribution in [3.63, 3.8) is 0 Å². The molecule has 1 saturated carbocycles. The van der Waals surface area contributed by atoms with Crippen LogP contribution in [0.25, 0.3) is 0 Å². The highest BCUT2D eigenvalue weighted by Gasteiger charge is 2.37. The van der Waals surface area contributed by atoms with Crippen molar-refractivity contribution in [2.24, 2.45) is 0 Å². The van der Waals surface area contributed by atoms with Crippen LogP contribution in [-0.2, 0) is 25.0 Å². The Morgan fingerprint density at radius 2 is 1.30 bits per heavy atom. The van der Waals surface area contributed by atoms with Crippen LogP contribution in [0.1, 0.15) is 19.8 Å². The van der Waals surface area contributed by atoms with Gasteiger partial charge in [0.1, 0.15) is 0 Å². The molecule has 2 aliphatic heterocycles. The van der Waals surface area contributed by atoms with Crippen molar-refractivity contribution in [1.29, 1.82) is 0 Å². The van der Waals surface area contributed by atoms with Crippen molar-refractivity contribution < 1.29 is 21.6 Å². The maximum Gasteiger partial charge on any atom is 0.282 e. The van der Waals surface area contributed by atoms with Crippen LogP contribution in [0.15, 0.2) is 0 Å². The lowest BCUT2D eigenvalue weighted by molar-refractivity contribution is -0.126. The summed E-state index contributed by atoms with van der Waals surface area (Å²) in [5.74, 6) is 0.00528. The summed E-state index contributed by atoms with van der Waals surface area (Å²) in [6.45, 7) is 4.19. The van der Waals surface area contributed by atoms with Crippen LogP contribution in [0.2, 0.25) is 0 Å². The van der Waals surface area contributed by atoms with Gasteiger partial charge in [0.2, 0.25) is 15.9 Å². The number of carbonyl (C=O) groups is 1. The summed E-state index contributed by atoms with van der Waals surface area (Å²) in [6, 6.07) is 0.0426. The van der Waals surface area contributed by atoms with Gasteiger partial charge in [0.15, 0.2) is 0 Å². The van der Waals surface area contributed by atoms with E-state index in [9.17, 15) is 21.6 Å². The van der Waals surface area contributed by atoms with Gasteiger partial charge < -0.3 is 5.32 Å². The first-order valence-corrected chi connectivity index (χ1v) is 12.6. The number of nitrogens with one attached hydrogen (secondary N) is 1. The van der Waals surface area contributed by atoms with Crippen LogP contribution >= 0.6 is 0 Å². The maximum atomic E-state index is 12.8. The Labute approximate surface area is 161 Å². The third kappa shape index (κ3) is 4.98. The summed E-state index contributed by atoms with van der Waals surface area (Å²) >= 11 is 0. The minimum atomic E-state index is -3.61. The molecule has 1 unspecified atom stereocenters. The van der Waals surface area contributed by atoms with Crippen molar-refractivity contribution in [2.45, 2.75) is 31.8 Å². The molecule has 1 amide bonds. The number of nitrogens with zero attached hydrogens (tertiary/aromatic N) is 4. The van der Waals surface area contributed by atoms with Crippen LogP contribution in [0.4, 0.5) is 0 Å². The van der Waals surface area contributed by atoms with E-state index in [1.165, 1.54) is 12.9 Å². The van der Waals surface area contributed by atoms with Gasteiger partial charge >= 0.3 is 0 Å². The van der Waals surface area contributed by atoms with Gasteiger partial charge in [-0.05, 0) is 19.8 Å². The summed E-state index contributed by atoms with van der Waals surface area (Å²) in [5.41, 5.74) is 0. The smallest absolute Gasteiger partial charge is 0.282 e. The molecule has 156 valence electrons. The van der Waals surface area contributed by atoms with E-state index in [1.54, 1.807) is 0 Å². The zero-order valence-electron chi connectivity index (χ0n) is 15.9. The highest BCUT2D eigenvalue weighted by atomic mass is 32.2. The Morgan fingerprint density at radius 1 is 0.852 bits per heavy atom. The molecule has 10 nitrogen and oxygen atoms in total. The Bertz CT molecular complexity index is 751. The Kier molecular flexibility index (Phi) is 6.14. The zero-order chi connectivity index (χ0) is 19.8. The van der Waals surface area contributed by atoms with E-state index >= 15 is 0 Å². The van der Waals surface area contributed by atoms with Crippen LogP contribution in [0.5, 0.6) is 0 Å². The summed E-state index contributed by atoms with van der Waals surface area (Å²) in [4.78, 5) is 14.2. The largest absolute Gasteiger partial charge is 0.352 e. The molecule has 0 aromatic rings. The van der Waals surface area contributed by atoms with E-state index in [4.69, 9.17) is 0 Å². The molecule has 1 aliphatic carbocycles. The molecule has 3 rings (SSSR count). The van der Waals surface area contributed by atoms with Gasteiger partial charge in [-0.2, -0.15) is 21.3 Å². The molecule has 2 heterocycles. The Balaban J connectivity index is 1.51. The number of rotatable bonds is 6.